The van der Waals surface area contributed by atoms with E-state index in [0.29, 0.717) is 12.6 Å². The maximum Gasteiger partial charge on any atom is 0.191 e. The van der Waals surface area contributed by atoms with Gasteiger partial charge in [-0.3, -0.25) is 9.89 Å². The van der Waals surface area contributed by atoms with Crippen molar-refractivity contribution in [1.29, 1.82) is 0 Å². The molecule has 0 aliphatic carbocycles. The average Bonchev–Trinajstić information content (AvgIpc) is 2.63. The van der Waals surface area contributed by atoms with E-state index in [1.54, 1.807) is 7.05 Å². The first kappa shape index (κ1) is 19.0. The monoisotopic (exact) mass is 351 g/mol. The van der Waals surface area contributed by atoms with Gasteiger partial charge in [0.05, 0.1) is 0 Å². The van der Waals surface area contributed by atoms with E-state index >= 15 is 0 Å². The summed E-state index contributed by atoms with van der Waals surface area (Å²) >= 11 is 6.19. The maximum absolute atomic E-state index is 6.19. The second-order valence-corrected chi connectivity index (χ2v) is 6.62. The highest BCUT2D eigenvalue weighted by atomic mass is 35.5. The van der Waals surface area contributed by atoms with Gasteiger partial charge < -0.3 is 15.5 Å². The third-order valence-electron chi connectivity index (χ3n) is 4.67. The van der Waals surface area contributed by atoms with E-state index < -0.39 is 0 Å². The van der Waals surface area contributed by atoms with Crippen molar-refractivity contribution in [3.63, 3.8) is 0 Å². The summed E-state index contributed by atoms with van der Waals surface area (Å²) in [5.41, 5.74) is 1.07. The lowest BCUT2D eigenvalue weighted by molar-refractivity contribution is 0.107. The van der Waals surface area contributed by atoms with E-state index in [-0.39, 0.29) is 0 Å². The highest BCUT2D eigenvalue weighted by molar-refractivity contribution is 6.31. The third-order valence-corrected chi connectivity index (χ3v) is 5.04. The Morgan fingerprint density at radius 1 is 1.21 bits per heavy atom. The van der Waals surface area contributed by atoms with Gasteiger partial charge in [-0.1, -0.05) is 36.7 Å². The zero-order valence-electron chi connectivity index (χ0n) is 15.1. The molecule has 1 aliphatic rings. The van der Waals surface area contributed by atoms with Gasteiger partial charge in [0.2, 0.25) is 0 Å². The van der Waals surface area contributed by atoms with E-state index in [0.717, 1.165) is 42.7 Å². The van der Waals surface area contributed by atoms with Gasteiger partial charge in [0.25, 0.3) is 0 Å². The topological polar surface area (TPSA) is 42.9 Å². The van der Waals surface area contributed by atoms with E-state index in [1.165, 1.54) is 13.1 Å². The zero-order valence-corrected chi connectivity index (χ0v) is 15.8. The molecule has 0 aromatic heterocycles. The SMILES string of the molecule is CCN1CCN(C(C)CNC(=NC)NCc2ccccc2Cl)CC1. The molecule has 0 spiro atoms. The summed E-state index contributed by atoms with van der Waals surface area (Å²) in [5.74, 6) is 0.814. The zero-order chi connectivity index (χ0) is 17.4. The van der Waals surface area contributed by atoms with Crippen LogP contribution < -0.4 is 10.6 Å². The minimum Gasteiger partial charge on any atom is -0.355 e. The molecule has 2 N–H and O–H groups in total. The number of benzene rings is 1. The smallest absolute Gasteiger partial charge is 0.191 e. The van der Waals surface area contributed by atoms with E-state index in [2.05, 4.69) is 39.3 Å². The summed E-state index contributed by atoms with van der Waals surface area (Å²) in [6.07, 6.45) is 0. The molecule has 1 aliphatic heterocycles. The molecule has 1 heterocycles. The van der Waals surface area contributed by atoms with Gasteiger partial charge in [0, 0.05) is 57.4 Å². The summed E-state index contributed by atoms with van der Waals surface area (Å²) in [5, 5.41) is 7.53. The van der Waals surface area contributed by atoms with E-state index in [1.807, 2.05) is 24.3 Å². The van der Waals surface area contributed by atoms with Gasteiger partial charge in [-0.2, -0.15) is 0 Å². The summed E-state index contributed by atoms with van der Waals surface area (Å²) in [6.45, 7) is 11.8. The molecule has 0 saturated carbocycles. The van der Waals surface area contributed by atoms with Crippen molar-refractivity contribution >= 4 is 17.6 Å². The van der Waals surface area contributed by atoms with Crippen LogP contribution >= 0.6 is 11.6 Å². The van der Waals surface area contributed by atoms with E-state index in [4.69, 9.17) is 11.6 Å². The van der Waals surface area contributed by atoms with Gasteiger partial charge >= 0.3 is 0 Å². The molecule has 24 heavy (non-hydrogen) atoms. The normalized spacial score (nSPS) is 18.4. The lowest BCUT2D eigenvalue weighted by Gasteiger charge is -2.37. The number of nitrogens with one attached hydrogen (secondary N) is 2. The van der Waals surface area contributed by atoms with Crippen LogP contribution in [0.5, 0.6) is 0 Å². The van der Waals surface area contributed by atoms with Gasteiger partial charge in [-0.15, -0.1) is 0 Å². The second-order valence-electron chi connectivity index (χ2n) is 6.22. The van der Waals surface area contributed by atoms with Crippen molar-refractivity contribution in [1.82, 2.24) is 20.4 Å². The molecule has 5 nitrogen and oxygen atoms in total. The van der Waals surface area contributed by atoms with Crippen LogP contribution in [0.15, 0.2) is 29.3 Å². The first-order valence-electron chi connectivity index (χ1n) is 8.78. The number of hydrogen-bond acceptors (Lipinski definition) is 3. The maximum atomic E-state index is 6.19. The van der Waals surface area contributed by atoms with Gasteiger partial charge in [0.1, 0.15) is 0 Å². The molecule has 1 aromatic carbocycles. The molecule has 134 valence electrons. The van der Waals surface area contributed by atoms with Crippen LogP contribution in [0.2, 0.25) is 5.02 Å². The number of halogens is 1. The molecule has 6 heteroatoms. The molecular formula is C18H30ClN5. The largest absolute Gasteiger partial charge is 0.355 e. The summed E-state index contributed by atoms with van der Waals surface area (Å²) < 4.78 is 0. The van der Waals surface area contributed by atoms with Gasteiger partial charge in [-0.05, 0) is 25.1 Å². The second kappa shape index (κ2) is 9.87. The number of aliphatic imine (C=N–C) groups is 1. The number of piperazine rings is 1. The molecule has 1 atom stereocenters. The fraction of sp³-hybridized carbons (Fsp3) is 0.611. The van der Waals surface area contributed by atoms with Crippen molar-refractivity contribution in [3.8, 4) is 0 Å². The highest BCUT2D eigenvalue weighted by Gasteiger charge is 2.20. The highest BCUT2D eigenvalue weighted by Crippen LogP contribution is 2.14. The van der Waals surface area contributed by atoms with Crippen molar-refractivity contribution in [2.75, 3.05) is 46.3 Å². The quantitative estimate of drug-likeness (QED) is 0.608. The fourth-order valence-electron chi connectivity index (χ4n) is 2.94. The van der Waals surface area contributed by atoms with Crippen LogP contribution in [0, 0.1) is 0 Å². The predicted octanol–water partition coefficient (Wildman–Crippen LogP) is 2.03. The first-order valence-corrected chi connectivity index (χ1v) is 9.16. The van der Waals surface area contributed by atoms with Crippen molar-refractivity contribution < 1.29 is 0 Å². The molecule has 2 rings (SSSR count). The Bertz CT molecular complexity index is 526. The molecule has 0 bridgehead atoms. The first-order chi connectivity index (χ1) is 11.6. The Kier molecular flexibility index (Phi) is 7.82. The minimum atomic E-state index is 0.489. The molecule has 1 unspecified atom stereocenters. The standard InChI is InChI=1S/C18H30ClN5/c1-4-23-9-11-24(12-10-23)15(2)13-21-18(20-3)22-14-16-7-5-6-8-17(16)19/h5-8,15H,4,9-14H2,1-3H3,(H2,20,21,22). The lowest BCUT2D eigenvalue weighted by Crippen LogP contribution is -2.53. The molecular weight excluding hydrogens is 322 g/mol. The number of nitrogens with zero attached hydrogens (tertiary/aromatic N) is 3. The number of hydrogen-bond donors (Lipinski definition) is 2. The number of rotatable bonds is 6. The average molecular weight is 352 g/mol. The van der Waals surface area contributed by atoms with E-state index in [9.17, 15) is 0 Å². The number of likely N-dealkylation sites (N-methyl/N-ethyl adjacent to an activating group) is 1. The van der Waals surface area contributed by atoms with Crippen LogP contribution in [0.3, 0.4) is 0 Å². The Morgan fingerprint density at radius 2 is 1.92 bits per heavy atom. The summed E-state index contributed by atoms with van der Waals surface area (Å²) in [4.78, 5) is 9.34. The summed E-state index contributed by atoms with van der Waals surface area (Å²) in [7, 11) is 1.80. The van der Waals surface area contributed by atoms with Gasteiger partial charge in [0.15, 0.2) is 5.96 Å². The van der Waals surface area contributed by atoms with Crippen LogP contribution in [-0.4, -0.2) is 68.1 Å². The lowest BCUT2D eigenvalue weighted by atomic mass is 10.2. The fourth-order valence-corrected chi connectivity index (χ4v) is 3.14. The van der Waals surface area contributed by atoms with Crippen molar-refractivity contribution in [2.24, 2.45) is 4.99 Å². The van der Waals surface area contributed by atoms with Crippen LogP contribution in [0.25, 0.3) is 0 Å². The molecule has 1 saturated heterocycles. The Labute approximate surface area is 151 Å². The van der Waals surface area contributed by atoms with Crippen molar-refractivity contribution in [2.45, 2.75) is 26.4 Å². The molecule has 1 aromatic rings. The van der Waals surface area contributed by atoms with Gasteiger partial charge in [-0.25, -0.2) is 0 Å². The predicted molar refractivity (Wildman–Crippen MR) is 103 cm³/mol. The molecule has 0 radical (unpaired) electrons. The molecule has 0 amide bonds. The Balaban J connectivity index is 1.74. The minimum absolute atomic E-state index is 0.489. The molecule has 1 fully saturated rings. The van der Waals surface area contributed by atoms with Crippen LogP contribution in [0.4, 0.5) is 0 Å². The third kappa shape index (κ3) is 5.65. The Hall–Kier alpha value is -1.30. The van der Waals surface area contributed by atoms with Crippen LogP contribution in [-0.2, 0) is 6.54 Å². The summed E-state index contributed by atoms with van der Waals surface area (Å²) in [6, 6.07) is 8.36. The van der Waals surface area contributed by atoms with Crippen molar-refractivity contribution in [3.05, 3.63) is 34.9 Å². The number of guanidine groups is 1. The van der Waals surface area contributed by atoms with Crippen LogP contribution in [0.1, 0.15) is 19.4 Å². The Morgan fingerprint density at radius 3 is 2.54 bits per heavy atom.